The zero-order valence-electron chi connectivity index (χ0n) is 14.2. The fourth-order valence-corrected chi connectivity index (χ4v) is 2.86. The lowest BCUT2D eigenvalue weighted by atomic mass is 10.1. The summed E-state index contributed by atoms with van der Waals surface area (Å²) < 4.78 is 5.42. The topological polar surface area (TPSA) is 86.5 Å². The summed E-state index contributed by atoms with van der Waals surface area (Å²) in [5.74, 6) is -0.218. The largest absolute Gasteiger partial charge is 0.478 e. The summed E-state index contributed by atoms with van der Waals surface area (Å²) in [4.78, 5) is 28.1. The minimum Gasteiger partial charge on any atom is -0.478 e. The molecule has 3 rings (SSSR count). The van der Waals surface area contributed by atoms with Crippen LogP contribution >= 0.6 is 0 Å². The number of carbonyl (C=O) groups is 2. The van der Waals surface area contributed by atoms with Crippen molar-refractivity contribution in [1.29, 1.82) is 0 Å². The lowest BCUT2D eigenvalue weighted by Crippen LogP contribution is -2.26. The van der Waals surface area contributed by atoms with Crippen LogP contribution in [0.15, 0.2) is 40.9 Å². The second-order valence-electron chi connectivity index (χ2n) is 6.14. The highest BCUT2D eigenvalue weighted by atomic mass is 16.4. The first-order chi connectivity index (χ1) is 11.9. The molecule has 0 bridgehead atoms. The van der Waals surface area contributed by atoms with E-state index in [2.05, 4.69) is 11.1 Å². The number of carboxylic acids is 1. The maximum Gasteiger partial charge on any atom is 0.339 e. The van der Waals surface area contributed by atoms with Crippen molar-refractivity contribution in [2.24, 2.45) is 0 Å². The summed E-state index contributed by atoms with van der Waals surface area (Å²) in [6.07, 6.45) is 2.93. The molecule has 0 unspecified atom stereocenters. The zero-order chi connectivity index (χ0) is 18.0. The van der Waals surface area contributed by atoms with Gasteiger partial charge in [-0.2, -0.15) is 0 Å². The number of furan rings is 1. The van der Waals surface area contributed by atoms with Gasteiger partial charge in [0, 0.05) is 25.2 Å². The summed E-state index contributed by atoms with van der Waals surface area (Å²) >= 11 is 0. The highest BCUT2D eigenvalue weighted by Crippen LogP contribution is 2.18. The third-order valence-corrected chi connectivity index (χ3v) is 4.26. The molecule has 0 spiro atoms. The third kappa shape index (κ3) is 3.74. The summed E-state index contributed by atoms with van der Waals surface area (Å²) in [5.41, 5.74) is 2.32. The molecule has 0 saturated carbocycles. The lowest BCUT2D eigenvalue weighted by Gasteiger charge is -2.15. The van der Waals surface area contributed by atoms with E-state index in [-0.39, 0.29) is 18.0 Å². The normalized spacial score (nSPS) is 11.0. The van der Waals surface area contributed by atoms with Gasteiger partial charge in [-0.3, -0.25) is 4.79 Å². The summed E-state index contributed by atoms with van der Waals surface area (Å²) in [6, 6.07) is 9.58. The molecule has 0 fully saturated rings. The number of hydrogen-bond acceptors (Lipinski definition) is 3. The Labute approximate surface area is 145 Å². The maximum atomic E-state index is 12.3. The number of fused-ring (bicyclic) bond motifs is 1. The van der Waals surface area contributed by atoms with Gasteiger partial charge < -0.3 is 19.4 Å². The molecular weight excluding hydrogens is 320 g/mol. The Kier molecular flexibility index (Phi) is 4.61. The van der Waals surface area contributed by atoms with Crippen LogP contribution in [-0.2, 0) is 17.8 Å². The van der Waals surface area contributed by atoms with E-state index in [9.17, 15) is 9.59 Å². The first-order valence-corrected chi connectivity index (χ1v) is 8.06. The van der Waals surface area contributed by atoms with Crippen LogP contribution in [0.25, 0.3) is 10.9 Å². The predicted octanol–water partition coefficient (Wildman–Crippen LogP) is 3.36. The number of H-pyrrole nitrogens is 1. The van der Waals surface area contributed by atoms with Gasteiger partial charge >= 0.3 is 5.97 Å². The van der Waals surface area contributed by atoms with Gasteiger partial charge in [-0.15, -0.1) is 0 Å². The molecule has 3 aromatic rings. The molecule has 0 aliphatic carbocycles. The molecule has 0 saturated heterocycles. The van der Waals surface area contributed by atoms with Crippen molar-refractivity contribution in [3.8, 4) is 0 Å². The fraction of sp³-hybridized carbons (Fsp3) is 0.263. The van der Waals surface area contributed by atoms with E-state index < -0.39 is 5.97 Å². The Morgan fingerprint density at radius 1 is 1.24 bits per heavy atom. The van der Waals surface area contributed by atoms with E-state index in [1.54, 1.807) is 18.9 Å². The molecule has 1 aromatic carbocycles. The van der Waals surface area contributed by atoms with E-state index in [4.69, 9.17) is 9.52 Å². The molecule has 25 heavy (non-hydrogen) atoms. The molecule has 6 heteroatoms. The number of aromatic amines is 1. The highest BCUT2D eigenvalue weighted by Gasteiger charge is 2.17. The number of carbonyl (C=O) groups excluding carboxylic acids is 1. The number of hydrogen-bond donors (Lipinski definition) is 2. The van der Waals surface area contributed by atoms with Crippen molar-refractivity contribution in [1.82, 2.24) is 9.88 Å². The maximum absolute atomic E-state index is 12.3. The minimum absolute atomic E-state index is 0.0138. The van der Waals surface area contributed by atoms with E-state index in [1.807, 2.05) is 24.4 Å². The number of aromatic nitrogens is 1. The smallest absolute Gasteiger partial charge is 0.339 e. The van der Waals surface area contributed by atoms with Gasteiger partial charge in [-0.25, -0.2) is 4.79 Å². The SMILES string of the molecule is Cc1oc(CN(C)C(=O)CCc2ccc3[nH]ccc3c2)cc1C(=O)O. The van der Waals surface area contributed by atoms with Crippen LogP contribution in [0.3, 0.4) is 0 Å². The van der Waals surface area contributed by atoms with Crippen LogP contribution < -0.4 is 0 Å². The number of nitrogens with zero attached hydrogens (tertiary/aromatic N) is 1. The molecule has 1 amide bonds. The van der Waals surface area contributed by atoms with Gasteiger partial charge in [-0.05, 0) is 48.6 Å². The van der Waals surface area contributed by atoms with Crippen LogP contribution in [0.4, 0.5) is 0 Å². The van der Waals surface area contributed by atoms with E-state index in [1.165, 1.54) is 6.07 Å². The van der Waals surface area contributed by atoms with Gasteiger partial charge in [0.05, 0.1) is 6.54 Å². The van der Waals surface area contributed by atoms with Crippen molar-refractivity contribution < 1.29 is 19.1 Å². The van der Waals surface area contributed by atoms with Gasteiger partial charge in [0.2, 0.25) is 5.91 Å². The number of aryl methyl sites for hydroxylation is 2. The van der Waals surface area contributed by atoms with Crippen LogP contribution in [0.2, 0.25) is 0 Å². The molecule has 0 atom stereocenters. The number of amides is 1. The van der Waals surface area contributed by atoms with Crippen molar-refractivity contribution in [3.63, 3.8) is 0 Å². The second-order valence-corrected chi connectivity index (χ2v) is 6.14. The molecule has 0 radical (unpaired) electrons. The molecular formula is C19H20N2O4. The molecule has 6 nitrogen and oxygen atoms in total. The Morgan fingerprint density at radius 2 is 2.04 bits per heavy atom. The fourth-order valence-electron chi connectivity index (χ4n) is 2.86. The molecule has 0 aliphatic heterocycles. The molecule has 130 valence electrons. The average molecular weight is 340 g/mol. The van der Waals surface area contributed by atoms with Crippen LogP contribution in [0.5, 0.6) is 0 Å². The van der Waals surface area contributed by atoms with E-state index >= 15 is 0 Å². The standard InChI is InChI=1S/C19H20N2O4/c1-12-16(19(23)24)10-15(25-12)11-21(2)18(22)6-4-13-3-5-17-14(9-13)7-8-20-17/h3,5,7-10,20H,4,6,11H2,1-2H3,(H,23,24). The van der Waals surface area contributed by atoms with Gasteiger partial charge in [0.1, 0.15) is 17.1 Å². The molecule has 2 heterocycles. The zero-order valence-corrected chi connectivity index (χ0v) is 14.2. The average Bonchev–Trinajstić information content (AvgIpc) is 3.18. The third-order valence-electron chi connectivity index (χ3n) is 4.26. The Morgan fingerprint density at radius 3 is 2.76 bits per heavy atom. The lowest BCUT2D eigenvalue weighted by molar-refractivity contribution is -0.130. The van der Waals surface area contributed by atoms with Crippen molar-refractivity contribution in [3.05, 3.63) is 59.2 Å². The number of rotatable bonds is 6. The highest BCUT2D eigenvalue weighted by molar-refractivity contribution is 5.88. The first kappa shape index (κ1) is 16.8. The predicted molar refractivity (Wildman–Crippen MR) is 93.5 cm³/mol. The second kappa shape index (κ2) is 6.84. The number of nitrogens with one attached hydrogen (secondary N) is 1. The van der Waals surface area contributed by atoms with Gasteiger partial charge in [-0.1, -0.05) is 6.07 Å². The van der Waals surface area contributed by atoms with Gasteiger partial charge in [0.15, 0.2) is 0 Å². The van der Waals surface area contributed by atoms with Crippen molar-refractivity contribution in [2.75, 3.05) is 7.05 Å². The van der Waals surface area contributed by atoms with E-state index in [0.29, 0.717) is 24.4 Å². The van der Waals surface area contributed by atoms with Crippen LogP contribution in [0, 0.1) is 6.92 Å². The number of carboxylic acid groups (broad SMARTS) is 1. The molecule has 0 aliphatic rings. The Balaban J connectivity index is 1.58. The molecule has 2 N–H and O–H groups in total. The van der Waals surface area contributed by atoms with Crippen LogP contribution in [0.1, 0.15) is 33.9 Å². The van der Waals surface area contributed by atoms with Crippen molar-refractivity contribution in [2.45, 2.75) is 26.3 Å². The minimum atomic E-state index is -1.03. The Hall–Kier alpha value is -3.02. The summed E-state index contributed by atoms with van der Waals surface area (Å²) in [7, 11) is 1.69. The first-order valence-electron chi connectivity index (χ1n) is 8.06. The van der Waals surface area contributed by atoms with Crippen molar-refractivity contribution >= 4 is 22.8 Å². The van der Waals surface area contributed by atoms with Gasteiger partial charge in [0.25, 0.3) is 0 Å². The number of benzene rings is 1. The summed E-state index contributed by atoms with van der Waals surface area (Å²) in [5, 5.41) is 10.2. The Bertz CT molecular complexity index is 923. The quantitative estimate of drug-likeness (QED) is 0.720. The molecule has 2 aromatic heterocycles. The monoisotopic (exact) mass is 340 g/mol. The van der Waals surface area contributed by atoms with E-state index in [0.717, 1.165) is 16.5 Å². The number of aromatic carboxylic acids is 1. The summed E-state index contributed by atoms with van der Waals surface area (Å²) in [6.45, 7) is 1.86. The van der Waals surface area contributed by atoms with Crippen LogP contribution in [-0.4, -0.2) is 33.9 Å².